The maximum absolute atomic E-state index is 10.8. The average molecular weight is 225 g/mol. The number of benzene rings is 1. The molecule has 16 heavy (non-hydrogen) atoms. The van der Waals surface area contributed by atoms with E-state index in [1.54, 1.807) is 19.2 Å². The number of hydrogen-bond donors (Lipinski definition) is 1. The molecule has 5 heteroatoms. The van der Waals surface area contributed by atoms with Gasteiger partial charge >= 0.3 is 0 Å². The van der Waals surface area contributed by atoms with Crippen LogP contribution in [-0.2, 0) is 16.1 Å². The number of carbonyl (C=O) groups is 1. The lowest BCUT2D eigenvalue weighted by atomic mass is 10.1. The second kappa shape index (κ2) is 6.09. The minimum Gasteiger partial charge on any atom is -0.495 e. The number of nitrogen functional groups attached to an aromatic ring is 1. The Morgan fingerprint density at radius 3 is 2.69 bits per heavy atom. The molecular weight excluding hydrogens is 210 g/mol. The first-order chi connectivity index (χ1) is 7.72. The van der Waals surface area contributed by atoms with Crippen LogP contribution in [0.1, 0.15) is 15.9 Å². The molecule has 1 aromatic rings. The number of methoxy groups -OCH3 is 2. The van der Waals surface area contributed by atoms with E-state index in [4.69, 9.17) is 19.9 Å². The van der Waals surface area contributed by atoms with Crippen molar-refractivity contribution in [1.82, 2.24) is 0 Å². The smallest absolute Gasteiger partial charge is 0.152 e. The summed E-state index contributed by atoms with van der Waals surface area (Å²) in [6, 6.07) is 3.40. The summed E-state index contributed by atoms with van der Waals surface area (Å²) < 4.78 is 15.0. The Balaban J connectivity index is 2.89. The molecule has 0 unspecified atom stereocenters. The van der Waals surface area contributed by atoms with Crippen LogP contribution >= 0.6 is 0 Å². The van der Waals surface area contributed by atoms with E-state index in [2.05, 4.69) is 0 Å². The van der Waals surface area contributed by atoms with E-state index in [1.165, 1.54) is 7.11 Å². The van der Waals surface area contributed by atoms with Crippen LogP contribution in [0.3, 0.4) is 0 Å². The summed E-state index contributed by atoms with van der Waals surface area (Å²) in [5.74, 6) is 0.473. The first-order valence-corrected chi connectivity index (χ1v) is 4.71. The van der Waals surface area contributed by atoms with E-state index in [9.17, 15) is 4.79 Å². The molecule has 0 aliphatic rings. The van der Waals surface area contributed by atoms with Crippen molar-refractivity contribution in [2.24, 2.45) is 0 Å². The van der Waals surface area contributed by atoms with E-state index >= 15 is 0 Å². The van der Waals surface area contributed by atoms with Gasteiger partial charge in [-0.25, -0.2) is 0 Å². The highest BCUT2D eigenvalue weighted by molar-refractivity contribution is 5.86. The zero-order valence-corrected chi connectivity index (χ0v) is 9.36. The van der Waals surface area contributed by atoms with Gasteiger partial charge in [0.15, 0.2) is 6.29 Å². The summed E-state index contributed by atoms with van der Waals surface area (Å²) in [4.78, 5) is 10.8. The Bertz CT molecular complexity index is 365. The Labute approximate surface area is 94.1 Å². The molecule has 0 saturated carbocycles. The fourth-order valence-electron chi connectivity index (χ4n) is 1.30. The van der Waals surface area contributed by atoms with Gasteiger partial charge in [-0.2, -0.15) is 0 Å². The fourth-order valence-corrected chi connectivity index (χ4v) is 1.30. The normalized spacial score (nSPS) is 10.1. The lowest BCUT2D eigenvalue weighted by Crippen LogP contribution is -2.02. The number of ether oxygens (including phenoxy) is 3. The molecule has 0 aliphatic carbocycles. The summed E-state index contributed by atoms with van der Waals surface area (Å²) in [7, 11) is 3.04. The van der Waals surface area contributed by atoms with Crippen LogP contribution < -0.4 is 10.5 Å². The fraction of sp³-hybridized carbons (Fsp3) is 0.364. The van der Waals surface area contributed by atoms with Crippen molar-refractivity contribution in [3.63, 3.8) is 0 Å². The van der Waals surface area contributed by atoms with Gasteiger partial charge in [-0.1, -0.05) is 0 Å². The molecule has 0 aromatic heterocycles. The second-order valence-electron chi connectivity index (χ2n) is 3.17. The van der Waals surface area contributed by atoms with Crippen LogP contribution in [0.2, 0.25) is 0 Å². The zero-order chi connectivity index (χ0) is 12.0. The standard InChI is InChI=1S/C11H15NO4/c1-14-7-16-6-8-3-9(5-13)11(12)10(4-8)15-2/h3-5H,6-7,12H2,1-2H3. The molecule has 2 N–H and O–H groups in total. The third-order valence-electron chi connectivity index (χ3n) is 2.05. The molecule has 0 fully saturated rings. The summed E-state index contributed by atoms with van der Waals surface area (Å²) >= 11 is 0. The van der Waals surface area contributed by atoms with Gasteiger partial charge < -0.3 is 19.9 Å². The van der Waals surface area contributed by atoms with Crippen LogP contribution in [0.15, 0.2) is 12.1 Å². The molecule has 1 aromatic carbocycles. The van der Waals surface area contributed by atoms with E-state index in [0.29, 0.717) is 29.9 Å². The van der Waals surface area contributed by atoms with E-state index < -0.39 is 0 Å². The highest BCUT2D eigenvalue weighted by Gasteiger charge is 2.08. The molecule has 0 spiro atoms. The Morgan fingerprint density at radius 1 is 1.38 bits per heavy atom. The largest absolute Gasteiger partial charge is 0.495 e. The third-order valence-corrected chi connectivity index (χ3v) is 2.05. The second-order valence-corrected chi connectivity index (χ2v) is 3.17. The first kappa shape index (κ1) is 12.5. The maximum Gasteiger partial charge on any atom is 0.152 e. The molecule has 0 aliphatic heterocycles. The quantitative estimate of drug-likeness (QED) is 0.341. The lowest BCUT2D eigenvalue weighted by molar-refractivity contribution is -0.0391. The predicted octanol–water partition coefficient (Wildman–Crippen LogP) is 1.21. The monoisotopic (exact) mass is 225 g/mol. The van der Waals surface area contributed by atoms with Gasteiger partial charge in [0.05, 0.1) is 19.4 Å². The first-order valence-electron chi connectivity index (χ1n) is 4.71. The number of anilines is 1. The Morgan fingerprint density at radius 2 is 2.12 bits per heavy atom. The minimum absolute atomic E-state index is 0.198. The molecule has 0 atom stereocenters. The maximum atomic E-state index is 10.8. The van der Waals surface area contributed by atoms with Crippen molar-refractivity contribution >= 4 is 12.0 Å². The topological polar surface area (TPSA) is 70.8 Å². The molecule has 1 rings (SSSR count). The van der Waals surface area contributed by atoms with Crippen molar-refractivity contribution in [2.75, 3.05) is 26.7 Å². The van der Waals surface area contributed by atoms with Gasteiger partial charge in [0, 0.05) is 12.7 Å². The van der Waals surface area contributed by atoms with Crippen LogP contribution in [-0.4, -0.2) is 27.3 Å². The molecule has 0 amide bonds. The molecule has 88 valence electrons. The number of rotatable bonds is 6. The molecular formula is C11H15NO4. The van der Waals surface area contributed by atoms with Crippen LogP contribution in [0.25, 0.3) is 0 Å². The summed E-state index contributed by atoms with van der Waals surface area (Å²) in [5.41, 5.74) is 7.26. The molecule has 5 nitrogen and oxygen atoms in total. The highest BCUT2D eigenvalue weighted by atomic mass is 16.7. The van der Waals surface area contributed by atoms with Crippen molar-refractivity contribution in [2.45, 2.75) is 6.61 Å². The SMILES string of the molecule is COCOCc1cc(C=O)c(N)c(OC)c1. The van der Waals surface area contributed by atoms with Crippen LogP contribution in [0, 0.1) is 0 Å². The Kier molecular flexibility index (Phi) is 4.75. The zero-order valence-electron chi connectivity index (χ0n) is 9.36. The predicted molar refractivity (Wildman–Crippen MR) is 59.5 cm³/mol. The van der Waals surface area contributed by atoms with Crippen LogP contribution in [0.4, 0.5) is 5.69 Å². The summed E-state index contributed by atoms with van der Waals surface area (Å²) in [6.07, 6.45) is 0.692. The van der Waals surface area contributed by atoms with Crippen molar-refractivity contribution in [1.29, 1.82) is 0 Å². The minimum atomic E-state index is 0.198. The van der Waals surface area contributed by atoms with Crippen molar-refractivity contribution in [3.8, 4) is 5.75 Å². The number of hydrogen-bond acceptors (Lipinski definition) is 5. The molecule has 0 radical (unpaired) electrons. The Hall–Kier alpha value is -1.59. The van der Waals surface area contributed by atoms with Gasteiger partial charge in [0.25, 0.3) is 0 Å². The number of aldehydes is 1. The molecule has 0 heterocycles. The van der Waals surface area contributed by atoms with Gasteiger partial charge in [-0.05, 0) is 17.7 Å². The summed E-state index contributed by atoms with van der Waals surface area (Å²) in [6.45, 7) is 0.536. The van der Waals surface area contributed by atoms with Gasteiger partial charge in [-0.3, -0.25) is 4.79 Å². The highest BCUT2D eigenvalue weighted by Crippen LogP contribution is 2.26. The third kappa shape index (κ3) is 2.95. The van der Waals surface area contributed by atoms with Crippen molar-refractivity contribution < 1.29 is 19.0 Å². The van der Waals surface area contributed by atoms with E-state index in [-0.39, 0.29) is 6.79 Å². The number of nitrogens with two attached hydrogens (primary N) is 1. The van der Waals surface area contributed by atoms with Gasteiger partial charge in [0.1, 0.15) is 12.5 Å². The van der Waals surface area contributed by atoms with Crippen LogP contribution in [0.5, 0.6) is 5.75 Å². The summed E-state index contributed by atoms with van der Waals surface area (Å²) in [5, 5.41) is 0. The van der Waals surface area contributed by atoms with Gasteiger partial charge in [0.2, 0.25) is 0 Å². The van der Waals surface area contributed by atoms with E-state index in [0.717, 1.165) is 5.56 Å². The molecule has 0 saturated heterocycles. The molecule has 0 bridgehead atoms. The lowest BCUT2D eigenvalue weighted by Gasteiger charge is -2.10. The van der Waals surface area contributed by atoms with Gasteiger partial charge in [-0.15, -0.1) is 0 Å². The van der Waals surface area contributed by atoms with Crippen molar-refractivity contribution in [3.05, 3.63) is 23.3 Å². The number of carbonyl (C=O) groups excluding carboxylic acids is 1. The van der Waals surface area contributed by atoms with E-state index in [1.807, 2.05) is 0 Å². The average Bonchev–Trinajstić information content (AvgIpc) is 2.31.